The van der Waals surface area contributed by atoms with Crippen LogP contribution >= 0.6 is 0 Å². The van der Waals surface area contributed by atoms with Gasteiger partial charge < -0.3 is 0 Å². The van der Waals surface area contributed by atoms with Gasteiger partial charge in [-0.1, -0.05) is 73.5 Å². The van der Waals surface area contributed by atoms with E-state index in [1.165, 1.54) is 76.3 Å². The number of fused-ring (bicyclic) bond motifs is 1. The zero-order valence-electron chi connectivity index (χ0n) is 14.9. The van der Waals surface area contributed by atoms with Gasteiger partial charge in [-0.2, -0.15) is 0 Å². The van der Waals surface area contributed by atoms with Gasteiger partial charge in [-0.15, -0.1) is 0 Å². The average Bonchev–Trinajstić information content (AvgIpc) is 3.25. The zero-order chi connectivity index (χ0) is 16.8. The van der Waals surface area contributed by atoms with E-state index in [4.69, 9.17) is 0 Å². The summed E-state index contributed by atoms with van der Waals surface area (Å²) in [6.45, 7) is 2.28. The highest BCUT2D eigenvalue weighted by molar-refractivity contribution is 6.03. The highest BCUT2D eigenvalue weighted by Gasteiger charge is 2.20. The fourth-order valence-corrected chi connectivity index (χ4v) is 4.72. The van der Waals surface area contributed by atoms with Crippen molar-refractivity contribution in [2.75, 3.05) is 0 Å². The predicted octanol–water partition coefficient (Wildman–Crippen LogP) is 6.74. The zero-order valence-corrected chi connectivity index (χ0v) is 14.9. The van der Waals surface area contributed by atoms with E-state index in [0.717, 1.165) is 6.42 Å². The molecule has 0 unspecified atom stereocenters. The molecule has 3 aromatic rings. The summed E-state index contributed by atoms with van der Waals surface area (Å²) >= 11 is 0. The van der Waals surface area contributed by atoms with Crippen LogP contribution in [0.3, 0.4) is 0 Å². The summed E-state index contributed by atoms with van der Waals surface area (Å²) in [6, 6.07) is 18.5. The molecule has 0 nitrogen and oxygen atoms in total. The Balaban J connectivity index is 1.69. The standard InChI is InChI=1S/C25H24/c1-2-3-6-17-15-20-8-5-9-21(24(20)16-17)22-14-13-19-12-11-18-7-4-10-23(22)25(18)19/h4-5,7-10,13-14,16H,2-3,6,11-12,15H2,1H3. The Morgan fingerprint density at radius 2 is 1.60 bits per heavy atom. The predicted molar refractivity (Wildman–Crippen MR) is 108 cm³/mol. The van der Waals surface area contributed by atoms with E-state index in [-0.39, 0.29) is 0 Å². The van der Waals surface area contributed by atoms with Gasteiger partial charge >= 0.3 is 0 Å². The largest absolute Gasteiger partial charge is 0.0654 e. The molecule has 0 heteroatoms. The van der Waals surface area contributed by atoms with Gasteiger partial charge in [-0.3, -0.25) is 0 Å². The molecule has 0 aromatic heterocycles. The van der Waals surface area contributed by atoms with Crippen molar-refractivity contribution in [3.05, 3.63) is 76.4 Å². The maximum Gasteiger partial charge on any atom is -0.00576 e. The monoisotopic (exact) mass is 324 g/mol. The van der Waals surface area contributed by atoms with Gasteiger partial charge in [0.05, 0.1) is 0 Å². The minimum Gasteiger partial charge on any atom is -0.0654 e. The third-order valence-electron chi connectivity index (χ3n) is 5.98. The summed E-state index contributed by atoms with van der Waals surface area (Å²) < 4.78 is 0. The third-order valence-corrected chi connectivity index (χ3v) is 5.98. The minimum atomic E-state index is 1.14. The van der Waals surface area contributed by atoms with E-state index in [2.05, 4.69) is 61.5 Å². The first-order chi connectivity index (χ1) is 12.3. The summed E-state index contributed by atoms with van der Waals surface area (Å²) in [5, 5.41) is 2.96. The maximum atomic E-state index is 2.48. The molecule has 0 N–H and O–H groups in total. The molecule has 3 aromatic carbocycles. The molecule has 0 fully saturated rings. The van der Waals surface area contributed by atoms with Gasteiger partial charge in [0.25, 0.3) is 0 Å². The van der Waals surface area contributed by atoms with Gasteiger partial charge in [0.1, 0.15) is 0 Å². The second kappa shape index (κ2) is 5.88. The molecule has 2 aliphatic carbocycles. The van der Waals surface area contributed by atoms with E-state index in [1.807, 2.05) is 0 Å². The molecule has 0 amide bonds. The Labute approximate surface area is 150 Å². The molecule has 0 saturated heterocycles. The number of rotatable bonds is 4. The Morgan fingerprint density at radius 3 is 2.48 bits per heavy atom. The molecule has 5 rings (SSSR count). The smallest absolute Gasteiger partial charge is 0.00576 e. The molecule has 0 bridgehead atoms. The molecule has 0 atom stereocenters. The van der Waals surface area contributed by atoms with Crippen LogP contribution in [0.1, 0.15) is 48.4 Å². The SMILES string of the molecule is CCCCC1=Cc2c(cccc2-c2ccc3c4c(cccc24)CC3)C1. The number of hydrogen-bond acceptors (Lipinski definition) is 0. The van der Waals surface area contributed by atoms with Crippen LogP contribution in [-0.4, -0.2) is 0 Å². The fourth-order valence-electron chi connectivity index (χ4n) is 4.72. The van der Waals surface area contributed by atoms with E-state index < -0.39 is 0 Å². The van der Waals surface area contributed by atoms with E-state index in [9.17, 15) is 0 Å². The Morgan fingerprint density at radius 1 is 0.800 bits per heavy atom. The van der Waals surface area contributed by atoms with E-state index in [1.54, 1.807) is 5.57 Å². The average molecular weight is 324 g/mol. The van der Waals surface area contributed by atoms with Crippen molar-refractivity contribution < 1.29 is 0 Å². The molecule has 2 aliphatic rings. The van der Waals surface area contributed by atoms with Crippen molar-refractivity contribution >= 4 is 16.8 Å². The normalized spacial score (nSPS) is 14.8. The summed E-state index contributed by atoms with van der Waals surface area (Å²) in [4.78, 5) is 0. The number of hydrogen-bond donors (Lipinski definition) is 0. The molecule has 0 aliphatic heterocycles. The van der Waals surface area contributed by atoms with Crippen molar-refractivity contribution in [1.29, 1.82) is 0 Å². The summed E-state index contributed by atoms with van der Waals surface area (Å²) in [5.41, 5.74) is 10.5. The topological polar surface area (TPSA) is 0 Å². The summed E-state index contributed by atoms with van der Waals surface area (Å²) in [5.74, 6) is 0. The Kier molecular flexibility index (Phi) is 3.52. The van der Waals surface area contributed by atoms with Crippen molar-refractivity contribution in [2.24, 2.45) is 0 Å². The van der Waals surface area contributed by atoms with Crippen LogP contribution in [0.25, 0.3) is 28.0 Å². The molecule has 0 heterocycles. The molecule has 124 valence electrons. The fraction of sp³-hybridized carbons (Fsp3) is 0.280. The maximum absolute atomic E-state index is 2.48. The van der Waals surface area contributed by atoms with E-state index >= 15 is 0 Å². The van der Waals surface area contributed by atoms with Gasteiger partial charge in [-0.25, -0.2) is 0 Å². The lowest BCUT2D eigenvalue weighted by atomic mass is 9.91. The second-order valence-electron chi connectivity index (χ2n) is 7.57. The second-order valence-corrected chi connectivity index (χ2v) is 7.57. The van der Waals surface area contributed by atoms with Crippen LogP contribution in [0.5, 0.6) is 0 Å². The van der Waals surface area contributed by atoms with Crippen molar-refractivity contribution in [3.8, 4) is 11.1 Å². The first-order valence-corrected chi connectivity index (χ1v) is 9.70. The number of aryl methyl sites for hydroxylation is 2. The third kappa shape index (κ3) is 2.35. The Bertz CT molecular complexity index is 994. The van der Waals surface area contributed by atoms with Crippen LogP contribution in [0.2, 0.25) is 0 Å². The quantitative estimate of drug-likeness (QED) is 0.499. The van der Waals surface area contributed by atoms with Crippen molar-refractivity contribution in [2.45, 2.75) is 45.4 Å². The lowest BCUT2D eigenvalue weighted by Gasteiger charge is -2.12. The first-order valence-electron chi connectivity index (χ1n) is 9.70. The van der Waals surface area contributed by atoms with Crippen LogP contribution in [0.4, 0.5) is 0 Å². The lowest BCUT2D eigenvalue weighted by Crippen LogP contribution is -1.90. The van der Waals surface area contributed by atoms with Crippen molar-refractivity contribution in [1.82, 2.24) is 0 Å². The van der Waals surface area contributed by atoms with Gasteiger partial charge in [0.15, 0.2) is 0 Å². The molecular weight excluding hydrogens is 300 g/mol. The molecular formula is C25H24. The molecule has 0 radical (unpaired) electrons. The first kappa shape index (κ1) is 15.0. The van der Waals surface area contributed by atoms with Gasteiger partial charge in [-0.05, 0) is 76.3 Å². The molecule has 0 spiro atoms. The van der Waals surface area contributed by atoms with Crippen LogP contribution < -0.4 is 0 Å². The minimum absolute atomic E-state index is 1.14. The highest BCUT2D eigenvalue weighted by Crippen LogP contribution is 2.41. The van der Waals surface area contributed by atoms with Gasteiger partial charge in [0, 0.05) is 0 Å². The molecule has 0 saturated carbocycles. The van der Waals surface area contributed by atoms with Crippen molar-refractivity contribution in [3.63, 3.8) is 0 Å². The van der Waals surface area contributed by atoms with Gasteiger partial charge in [0.2, 0.25) is 0 Å². The summed E-state index contributed by atoms with van der Waals surface area (Å²) in [6.07, 6.45) is 9.84. The van der Waals surface area contributed by atoms with Crippen LogP contribution in [0, 0.1) is 0 Å². The van der Waals surface area contributed by atoms with Crippen LogP contribution in [0.15, 0.2) is 54.1 Å². The lowest BCUT2D eigenvalue weighted by molar-refractivity contribution is 0.779. The summed E-state index contributed by atoms with van der Waals surface area (Å²) in [7, 11) is 0. The Hall–Kier alpha value is -2.34. The molecule has 25 heavy (non-hydrogen) atoms. The van der Waals surface area contributed by atoms with Crippen LogP contribution in [-0.2, 0) is 19.3 Å². The van der Waals surface area contributed by atoms with E-state index in [0.29, 0.717) is 0 Å². The number of unbranched alkanes of at least 4 members (excludes halogenated alkanes) is 1. The number of benzene rings is 3. The number of allylic oxidation sites excluding steroid dienone is 1. The highest BCUT2D eigenvalue weighted by atomic mass is 14.2.